The first-order valence-electron chi connectivity index (χ1n) is 4.55. The Labute approximate surface area is 108 Å². The topological polar surface area (TPSA) is 0 Å². The van der Waals surface area contributed by atoms with Crippen molar-refractivity contribution in [3.05, 3.63) is 22.3 Å². The third kappa shape index (κ3) is 4.07. The van der Waals surface area contributed by atoms with Crippen molar-refractivity contribution < 1.29 is 21.7 Å². The minimum atomic E-state index is 0. The van der Waals surface area contributed by atoms with E-state index in [4.69, 9.17) is 0 Å². The molecule has 0 bridgehead atoms. The van der Waals surface area contributed by atoms with E-state index in [1.807, 2.05) is 0 Å². The molecule has 1 heteroatoms. The molecule has 1 aliphatic carbocycles. The molecule has 0 spiro atoms. The van der Waals surface area contributed by atoms with Crippen LogP contribution in [0.5, 0.6) is 0 Å². The second-order valence-electron chi connectivity index (χ2n) is 4.30. The molecule has 0 nitrogen and oxygen atoms in total. The van der Waals surface area contributed by atoms with Gasteiger partial charge in [-0.25, -0.2) is 0 Å². The molecule has 0 aromatic rings. The van der Waals surface area contributed by atoms with E-state index in [-0.39, 0.29) is 44.0 Å². The molecule has 0 heterocycles. The van der Waals surface area contributed by atoms with Crippen LogP contribution in [-0.4, -0.2) is 0 Å². The normalized spacial score (nSPS) is 39.6. The van der Waals surface area contributed by atoms with Gasteiger partial charge >= 0.3 is 21.7 Å². The summed E-state index contributed by atoms with van der Waals surface area (Å²) in [5, 5.41) is 0. The Morgan fingerprint density at radius 3 is 0.571 bits per heavy atom. The van der Waals surface area contributed by atoms with Gasteiger partial charge in [0.25, 0.3) is 0 Å². The zero-order valence-electron chi connectivity index (χ0n) is 11.4. The van der Waals surface area contributed by atoms with Crippen LogP contribution in [0.4, 0.5) is 0 Å². The van der Waals surface area contributed by atoms with Crippen LogP contribution >= 0.6 is 0 Å². The van der Waals surface area contributed by atoms with Crippen molar-refractivity contribution in [1.82, 2.24) is 0 Å². The van der Waals surface area contributed by atoms with E-state index in [2.05, 4.69) is 34.6 Å². The van der Waals surface area contributed by atoms with Gasteiger partial charge in [-0.15, -0.1) is 0 Å². The Kier molecular flexibility index (Phi) is 15.5. The fraction of sp³-hybridized carbons (Fsp3) is 0.769. The van der Waals surface area contributed by atoms with Crippen molar-refractivity contribution in [1.29, 1.82) is 0 Å². The van der Waals surface area contributed by atoms with Crippen LogP contribution in [0, 0.1) is 51.9 Å². The zero-order chi connectivity index (χ0) is 7.89. The maximum atomic E-state index is 2.40. The molecular weight excluding hydrogens is 204 g/mol. The minimum Gasteiger partial charge on any atom is -0.358 e. The largest absolute Gasteiger partial charge is 4.00 e. The summed E-state index contributed by atoms with van der Waals surface area (Å²) >= 11 is 0. The van der Waals surface area contributed by atoms with Gasteiger partial charge in [0.05, 0.1) is 0 Å². The molecule has 1 saturated carbocycles. The number of rotatable bonds is 0. The predicted octanol–water partition coefficient (Wildman–Crippen LogP) is 4.53. The monoisotopic (exact) mass is 233 g/mol. The van der Waals surface area contributed by atoms with E-state index in [1.165, 1.54) is 0 Å². The molecule has 0 N–H and O–H groups in total. The van der Waals surface area contributed by atoms with E-state index in [0.29, 0.717) is 0 Å². The van der Waals surface area contributed by atoms with Crippen molar-refractivity contribution in [2.75, 3.05) is 0 Å². The van der Waals surface area contributed by atoms with Crippen LogP contribution in [0.3, 0.4) is 0 Å². The second kappa shape index (κ2) is 8.98. The summed E-state index contributed by atoms with van der Waals surface area (Å²) in [5.41, 5.74) is 0. The molecule has 0 aromatic heterocycles. The first-order chi connectivity index (χ1) is 4.55. The van der Waals surface area contributed by atoms with E-state index < -0.39 is 0 Å². The molecular formula is C13H29Ti+. The summed E-state index contributed by atoms with van der Waals surface area (Å²) in [7, 11) is 0. The van der Waals surface area contributed by atoms with Crippen molar-refractivity contribution >= 4 is 0 Å². The molecule has 1 aliphatic rings. The smallest absolute Gasteiger partial charge is 0.358 e. The van der Waals surface area contributed by atoms with Gasteiger partial charge in [-0.3, -0.25) is 0 Å². The average Bonchev–Trinajstić information content (AvgIpc) is 2.07. The number of hydrogen-bond acceptors (Lipinski definition) is 0. The van der Waals surface area contributed by atoms with Gasteiger partial charge in [-0.2, -0.15) is 0 Å². The van der Waals surface area contributed by atoms with E-state index in [0.717, 1.165) is 29.6 Å². The Bertz CT molecular complexity index is 77.6. The Morgan fingerprint density at radius 2 is 0.500 bits per heavy atom. The first-order valence-corrected chi connectivity index (χ1v) is 4.55. The van der Waals surface area contributed by atoms with Crippen LogP contribution in [0.1, 0.15) is 34.6 Å². The van der Waals surface area contributed by atoms with Gasteiger partial charge in [0, 0.05) is 0 Å². The Hall–Kier alpha value is 0.714. The maximum absolute atomic E-state index is 2.40. The third-order valence-corrected chi connectivity index (χ3v) is 4.15. The van der Waals surface area contributed by atoms with Crippen LogP contribution < -0.4 is 0 Å². The second-order valence-corrected chi connectivity index (χ2v) is 4.30. The Balaban J connectivity index is -0.000000125. The van der Waals surface area contributed by atoms with Crippen LogP contribution in [0.2, 0.25) is 0 Å². The maximum Gasteiger partial charge on any atom is 4.00 e. The summed E-state index contributed by atoms with van der Waals surface area (Å²) in [6.45, 7) is 12.0. The summed E-state index contributed by atoms with van der Waals surface area (Å²) in [6, 6.07) is 0. The van der Waals surface area contributed by atoms with Crippen LogP contribution in [-0.2, 0) is 21.7 Å². The zero-order valence-corrected chi connectivity index (χ0v) is 12.9. The molecule has 0 aromatic carbocycles. The quantitative estimate of drug-likeness (QED) is 0.426. The molecule has 1 fully saturated rings. The Morgan fingerprint density at radius 1 is 0.429 bits per heavy atom. The molecule has 14 heavy (non-hydrogen) atoms. The van der Waals surface area contributed by atoms with Gasteiger partial charge in [0.15, 0.2) is 0 Å². The molecule has 0 saturated heterocycles. The average molecular weight is 233 g/mol. The van der Waals surface area contributed by atoms with Gasteiger partial charge in [-0.1, -0.05) is 34.6 Å². The molecule has 0 amide bonds. The van der Waals surface area contributed by atoms with Gasteiger partial charge in [0.2, 0.25) is 0 Å². The van der Waals surface area contributed by atoms with E-state index >= 15 is 0 Å². The molecule has 0 unspecified atom stereocenters. The van der Waals surface area contributed by atoms with E-state index in [1.54, 1.807) is 0 Å². The van der Waals surface area contributed by atoms with Crippen LogP contribution in [0.25, 0.3) is 0 Å². The standard InChI is InChI=1S/C10H20.3CH3.Ti/c1-6-7(2)9(4)10(5)8(6)3;;;;/h6-10H,1-5H3;3*1H3;/q;3*-1;+4. The van der Waals surface area contributed by atoms with Crippen molar-refractivity contribution in [2.24, 2.45) is 29.6 Å². The minimum absolute atomic E-state index is 0. The van der Waals surface area contributed by atoms with E-state index in [9.17, 15) is 0 Å². The fourth-order valence-corrected chi connectivity index (χ4v) is 2.39. The summed E-state index contributed by atoms with van der Waals surface area (Å²) in [6.07, 6.45) is 0. The molecule has 0 aliphatic heterocycles. The molecule has 0 radical (unpaired) electrons. The molecule has 1 rings (SSSR count). The summed E-state index contributed by atoms with van der Waals surface area (Å²) in [4.78, 5) is 0. The summed E-state index contributed by atoms with van der Waals surface area (Å²) in [5.74, 6) is 4.68. The molecule has 0 atom stereocenters. The van der Waals surface area contributed by atoms with Crippen molar-refractivity contribution in [2.45, 2.75) is 34.6 Å². The first kappa shape index (κ1) is 24.1. The fourth-order valence-electron chi connectivity index (χ4n) is 2.39. The van der Waals surface area contributed by atoms with Crippen LogP contribution in [0.15, 0.2) is 0 Å². The third-order valence-electron chi connectivity index (χ3n) is 4.15. The van der Waals surface area contributed by atoms with Gasteiger partial charge in [-0.05, 0) is 29.6 Å². The van der Waals surface area contributed by atoms with Gasteiger partial charge in [0.1, 0.15) is 0 Å². The predicted molar refractivity (Wildman–Crippen MR) is 65.1 cm³/mol. The SMILES string of the molecule is CC1C(C)C(C)C(C)C1C.[CH3-].[CH3-].[CH3-].[Ti+4]. The number of hydrogen-bond donors (Lipinski definition) is 0. The molecule has 84 valence electrons. The van der Waals surface area contributed by atoms with Gasteiger partial charge < -0.3 is 22.3 Å². The van der Waals surface area contributed by atoms with Crippen molar-refractivity contribution in [3.8, 4) is 0 Å². The summed E-state index contributed by atoms with van der Waals surface area (Å²) < 4.78 is 0. The van der Waals surface area contributed by atoms with Crippen molar-refractivity contribution in [3.63, 3.8) is 0 Å².